The normalized spacial score (nSPS) is 32.4. The van der Waals surface area contributed by atoms with Crippen molar-refractivity contribution >= 4 is 5.97 Å². The molecule has 2 aliphatic rings. The van der Waals surface area contributed by atoms with Crippen LogP contribution in [0.5, 0.6) is 0 Å². The molecule has 2 aliphatic heterocycles. The minimum absolute atomic E-state index is 0.0709. The lowest BCUT2D eigenvalue weighted by Crippen LogP contribution is -2.46. The first-order valence-corrected chi connectivity index (χ1v) is 6.70. The molecule has 2 saturated heterocycles. The van der Waals surface area contributed by atoms with Crippen LogP contribution in [0, 0.1) is 11.8 Å². The second kappa shape index (κ2) is 5.83. The number of likely N-dealkylation sites (tertiary alicyclic amines) is 1. The van der Waals surface area contributed by atoms with Crippen molar-refractivity contribution in [2.75, 3.05) is 33.8 Å². The highest BCUT2D eigenvalue weighted by Crippen LogP contribution is 2.32. The van der Waals surface area contributed by atoms with Crippen molar-refractivity contribution in [2.45, 2.75) is 31.7 Å². The number of ether oxygens (including phenoxy) is 1. The van der Waals surface area contributed by atoms with E-state index in [0.717, 1.165) is 18.9 Å². The second-order valence-electron chi connectivity index (χ2n) is 5.46. The highest BCUT2D eigenvalue weighted by atomic mass is 16.5. The minimum atomic E-state index is -0.0948. The Kier molecular flexibility index (Phi) is 4.40. The van der Waals surface area contributed by atoms with Gasteiger partial charge in [-0.25, -0.2) is 0 Å². The molecule has 4 nitrogen and oxygen atoms in total. The third-order valence-electron chi connectivity index (χ3n) is 4.36. The fourth-order valence-corrected chi connectivity index (χ4v) is 3.20. The van der Waals surface area contributed by atoms with E-state index in [0.29, 0.717) is 5.92 Å². The van der Waals surface area contributed by atoms with E-state index < -0.39 is 0 Å². The zero-order chi connectivity index (χ0) is 12.3. The van der Waals surface area contributed by atoms with Crippen LogP contribution in [0.2, 0.25) is 0 Å². The molecule has 98 valence electrons. The van der Waals surface area contributed by atoms with Crippen LogP contribution in [0.25, 0.3) is 0 Å². The number of rotatable bonds is 2. The summed E-state index contributed by atoms with van der Waals surface area (Å²) in [6.07, 6.45) is 4.74. The number of nitrogens with one attached hydrogen (secondary N) is 1. The predicted octanol–water partition coefficient (Wildman–Crippen LogP) is 0.869. The molecule has 2 rings (SSSR count). The van der Waals surface area contributed by atoms with E-state index in [1.54, 1.807) is 0 Å². The Morgan fingerprint density at radius 2 is 1.94 bits per heavy atom. The van der Waals surface area contributed by atoms with Crippen molar-refractivity contribution in [3.63, 3.8) is 0 Å². The van der Waals surface area contributed by atoms with Gasteiger partial charge in [0.25, 0.3) is 0 Å². The van der Waals surface area contributed by atoms with E-state index in [9.17, 15) is 4.79 Å². The Bertz CT molecular complexity index is 262. The van der Waals surface area contributed by atoms with E-state index in [1.807, 2.05) is 0 Å². The van der Waals surface area contributed by atoms with Gasteiger partial charge in [0.2, 0.25) is 0 Å². The average molecular weight is 240 g/mol. The largest absolute Gasteiger partial charge is 0.468 e. The molecular formula is C13H24N2O2. The Balaban J connectivity index is 1.86. The SMILES string of the molecule is COC(=O)C1CC(C2CCN(C)CC2)CCN1. The molecule has 2 fully saturated rings. The summed E-state index contributed by atoms with van der Waals surface area (Å²) in [7, 11) is 3.67. The maximum absolute atomic E-state index is 11.6. The molecule has 0 aromatic rings. The summed E-state index contributed by atoms with van der Waals surface area (Å²) in [6.45, 7) is 3.37. The molecule has 0 bridgehead atoms. The van der Waals surface area contributed by atoms with Crippen molar-refractivity contribution in [2.24, 2.45) is 11.8 Å². The quantitative estimate of drug-likeness (QED) is 0.727. The molecule has 2 atom stereocenters. The number of methoxy groups -OCH3 is 1. The van der Waals surface area contributed by atoms with E-state index in [2.05, 4.69) is 17.3 Å². The molecule has 0 saturated carbocycles. The van der Waals surface area contributed by atoms with Crippen LogP contribution < -0.4 is 5.32 Å². The molecule has 17 heavy (non-hydrogen) atoms. The molecule has 4 heteroatoms. The lowest BCUT2D eigenvalue weighted by Gasteiger charge is -2.38. The van der Waals surface area contributed by atoms with Crippen LogP contribution >= 0.6 is 0 Å². The average Bonchev–Trinajstić information content (AvgIpc) is 2.39. The third-order valence-corrected chi connectivity index (χ3v) is 4.36. The first-order valence-electron chi connectivity index (χ1n) is 6.70. The number of carbonyl (C=O) groups is 1. The smallest absolute Gasteiger partial charge is 0.322 e. The van der Waals surface area contributed by atoms with Crippen molar-refractivity contribution in [1.29, 1.82) is 0 Å². The Morgan fingerprint density at radius 3 is 2.59 bits per heavy atom. The number of hydrogen-bond donors (Lipinski definition) is 1. The lowest BCUT2D eigenvalue weighted by molar-refractivity contribution is -0.144. The summed E-state index contributed by atoms with van der Waals surface area (Å²) in [5.74, 6) is 1.41. The molecule has 0 aromatic heterocycles. The van der Waals surface area contributed by atoms with Gasteiger partial charge in [-0.2, -0.15) is 0 Å². The molecule has 0 spiro atoms. The molecule has 2 unspecified atom stereocenters. The maximum Gasteiger partial charge on any atom is 0.322 e. The maximum atomic E-state index is 11.6. The van der Waals surface area contributed by atoms with E-state index in [4.69, 9.17) is 4.74 Å². The third kappa shape index (κ3) is 3.19. The number of nitrogens with zero attached hydrogens (tertiary/aromatic N) is 1. The molecular weight excluding hydrogens is 216 g/mol. The van der Waals surface area contributed by atoms with Crippen LogP contribution in [-0.2, 0) is 9.53 Å². The van der Waals surface area contributed by atoms with Crippen LogP contribution in [-0.4, -0.2) is 50.7 Å². The fourth-order valence-electron chi connectivity index (χ4n) is 3.20. The highest BCUT2D eigenvalue weighted by Gasteiger charge is 2.33. The summed E-state index contributed by atoms with van der Waals surface area (Å²) in [5, 5.41) is 3.26. The summed E-state index contributed by atoms with van der Waals surface area (Å²) in [6, 6.07) is -0.0709. The zero-order valence-electron chi connectivity index (χ0n) is 10.9. The van der Waals surface area contributed by atoms with Gasteiger partial charge in [-0.1, -0.05) is 0 Å². The number of carbonyl (C=O) groups excluding carboxylic acids is 1. The Labute approximate surface area is 104 Å². The van der Waals surface area contributed by atoms with Crippen molar-refractivity contribution < 1.29 is 9.53 Å². The molecule has 0 aliphatic carbocycles. The first kappa shape index (κ1) is 12.8. The van der Waals surface area contributed by atoms with E-state index in [-0.39, 0.29) is 12.0 Å². The van der Waals surface area contributed by atoms with Gasteiger partial charge in [0.1, 0.15) is 6.04 Å². The second-order valence-corrected chi connectivity index (χ2v) is 5.46. The van der Waals surface area contributed by atoms with Gasteiger partial charge < -0.3 is 15.0 Å². The number of hydrogen-bond acceptors (Lipinski definition) is 4. The van der Waals surface area contributed by atoms with Gasteiger partial charge in [-0.15, -0.1) is 0 Å². The van der Waals surface area contributed by atoms with E-state index in [1.165, 1.54) is 39.5 Å². The fraction of sp³-hybridized carbons (Fsp3) is 0.923. The van der Waals surface area contributed by atoms with Gasteiger partial charge in [0.05, 0.1) is 7.11 Å². The van der Waals surface area contributed by atoms with Gasteiger partial charge in [0, 0.05) is 0 Å². The summed E-state index contributed by atoms with van der Waals surface area (Å²) in [5.41, 5.74) is 0. The minimum Gasteiger partial charge on any atom is -0.468 e. The first-order chi connectivity index (χ1) is 8.20. The highest BCUT2D eigenvalue weighted by molar-refractivity contribution is 5.75. The Hall–Kier alpha value is -0.610. The standard InChI is InChI=1S/C13H24N2O2/c1-15-7-4-10(5-8-15)11-3-6-14-12(9-11)13(16)17-2/h10-12,14H,3-9H2,1-2H3. The molecule has 2 heterocycles. The summed E-state index contributed by atoms with van der Waals surface area (Å²) >= 11 is 0. The number of piperidine rings is 2. The topological polar surface area (TPSA) is 41.6 Å². The van der Waals surface area contributed by atoms with Gasteiger partial charge >= 0.3 is 5.97 Å². The summed E-state index contributed by atoms with van der Waals surface area (Å²) in [4.78, 5) is 14.0. The lowest BCUT2D eigenvalue weighted by atomic mass is 9.77. The van der Waals surface area contributed by atoms with Crippen LogP contribution in [0.4, 0.5) is 0 Å². The van der Waals surface area contributed by atoms with Crippen LogP contribution in [0.15, 0.2) is 0 Å². The predicted molar refractivity (Wildman–Crippen MR) is 66.8 cm³/mol. The molecule has 0 aromatic carbocycles. The zero-order valence-corrected chi connectivity index (χ0v) is 10.9. The monoisotopic (exact) mass is 240 g/mol. The van der Waals surface area contributed by atoms with E-state index >= 15 is 0 Å². The van der Waals surface area contributed by atoms with Crippen molar-refractivity contribution in [3.8, 4) is 0 Å². The molecule has 0 amide bonds. The summed E-state index contributed by atoms with van der Waals surface area (Å²) < 4.78 is 4.83. The van der Waals surface area contributed by atoms with Crippen LogP contribution in [0.1, 0.15) is 25.7 Å². The van der Waals surface area contributed by atoms with Gasteiger partial charge in [0.15, 0.2) is 0 Å². The van der Waals surface area contributed by atoms with Crippen molar-refractivity contribution in [1.82, 2.24) is 10.2 Å². The van der Waals surface area contributed by atoms with Crippen LogP contribution in [0.3, 0.4) is 0 Å². The van der Waals surface area contributed by atoms with Gasteiger partial charge in [-0.05, 0) is 64.2 Å². The molecule has 0 radical (unpaired) electrons. The molecule has 1 N–H and O–H groups in total. The van der Waals surface area contributed by atoms with Crippen molar-refractivity contribution in [3.05, 3.63) is 0 Å². The number of esters is 1. The Morgan fingerprint density at radius 1 is 1.24 bits per heavy atom. The van der Waals surface area contributed by atoms with Gasteiger partial charge in [-0.3, -0.25) is 4.79 Å².